The minimum Gasteiger partial charge on any atom is -0.303 e. The normalized spacial score (nSPS) is 14.9. The second-order valence-electron chi connectivity index (χ2n) is 6.70. The second-order valence-corrected chi connectivity index (χ2v) is 6.70. The lowest BCUT2D eigenvalue weighted by Crippen LogP contribution is -2.50. The maximum atomic E-state index is 12.3. The molecule has 0 aromatic carbocycles. The molecule has 0 aliphatic carbocycles. The summed E-state index contributed by atoms with van der Waals surface area (Å²) in [5, 5.41) is 3.45. The monoisotopic (exact) mass is 227 g/mol. The van der Waals surface area contributed by atoms with Crippen molar-refractivity contribution in [2.75, 3.05) is 0 Å². The van der Waals surface area contributed by atoms with E-state index in [0.717, 1.165) is 19.3 Å². The van der Waals surface area contributed by atoms with Crippen LogP contribution >= 0.6 is 0 Å². The van der Waals surface area contributed by atoms with E-state index in [1.54, 1.807) is 0 Å². The van der Waals surface area contributed by atoms with Gasteiger partial charge in [0.2, 0.25) is 0 Å². The van der Waals surface area contributed by atoms with Crippen molar-refractivity contribution in [2.24, 2.45) is 5.41 Å². The van der Waals surface area contributed by atoms with E-state index in [4.69, 9.17) is 0 Å². The standard InChI is InChI=1S/C14H29NO/c1-8-9-10-11(15-14(5,6)7)12(16)13(2,3)4/h11,15H,8-10H2,1-7H3/t11-/m0/s1. The highest BCUT2D eigenvalue weighted by Crippen LogP contribution is 2.20. The molecule has 2 nitrogen and oxygen atoms in total. The fourth-order valence-corrected chi connectivity index (χ4v) is 1.72. The lowest BCUT2D eigenvalue weighted by Gasteiger charge is -2.31. The molecule has 0 radical (unpaired) electrons. The average Bonchev–Trinajstić information content (AvgIpc) is 2.07. The third kappa shape index (κ3) is 6.26. The Labute approximate surface area is 101 Å². The Bertz CT molecular complexity index is 220. The van der Waals surface area contributed by atoms with Crippen molar-refractivity contribution < 1.29 is 4.79 Å². The maximum Gasteiger partial charge on any atom is 0.155 e. The van der Waals surface area contributed by atoms with Crippen LogP contribution in [0.2, 0.25) is 0 Å². The van der Waals surface area contributed by atoms with Crippen LogP contribution in [-0.4, -0.2) is 17.4 Å². The molecule has 0 rings (SSSR count). The molecule has 0 saturated carbocycles. The molecule has 0 aliphatic rings. The lowest BCUT2D eigenvalue weighted by molar-refractivity contribution is -0.129. The molecule has 0 heterocycles. The predicted molar refractivity (Wildman–Crippen MR) is 70.7 cm³/mol. The first-order chi connectivity index (χ1) is 7.08. The summed E-state index contributed by atoms with van der Waals surface area (Å²) in [6.07, 6.45) is 3.19. The van der Waals surface area contributed by atoms with Gasteiger partial charge in [0.25, 0.3) is 0 Å². The van der Waals surface area contributed by atoms with Gasteiger partial charge in [0.15, 0.2) is 5.78 Å². The van der Waals surface area contributed by atoms with Gasteiger partial charge in [-0.05, 0) is 27.2 Å². The second kappa shape index (κ2) is 5.81. The van der Waals surface area contributed by atoms with E-state index in [9.17, 15) is 4.79 Å². The quantitative estimate of drug-likeness (QED) is 0.778. The number of hydrogen-bond donors (Lipinski definition) is 1. The van der Waals surface area contributed by atoms with E-state index < -0.39 is 0 Å². The molecule has 0 bridgehead atoms. The highest BCUT2D eigenvalue weighted by atomic mass is 16.1. The smallest absolute Gasteiger partial charge is 0.155 e. The van der Waals surface area contributed by atoms with Crippen molar-refractivity contribution in [2.45, 2.75) is 79.3 Å². The van der Waals surface area contributed by atoms with Crippen LogP contribution in [0.25, 0.3) is 0 Å². The highest BCUT2D eigenvalue weighted by Gasteiger charge is 2.31. The largest absolute Gasteiger partial charge is 0.303 e. The van der Waals surface area contributed by atoms with Gasteiger partial charge in [-0.2, -0.15) is 0 Å². The van der Waals surface area contributed by atoms with Crippen LogP contribution in [0.4, 0.5) is 0 Å². The molecule has 0 aromatic heterocycles. The van der Waals surface area contributed by atoms with Crippen molar-refractivity contribution in [1.29, 1.82) is 0 Å². The number of carbonyl (C=O) groups excluding carboxylic acids is 1. The predicted octanol–water partition coefficient (Wildman–Crippen LogP) is 3.55. The van der Waals surface area contributed by atoms with E-state index in [-0.39, 0.29) is 17.0 Å². The number of nitrogens with one attached hydrogen (secondary N) is 1. The summed E-state index contributed by atoms with van der Waals surface area (Å²) in [5.74, 6) is 0.330. The molecule has 16 heavy (non-hydrogen) atoms. The molecule has 0 saturated heterocycles. The van der Waals surface area contributed by atoms with Crippen molar-refractivity contribution in [3.8, 4) is 0 Å². The van der Waals surface area contributed by atoms with Gasteiger partial charge in [-0.15, -0.1) is 0 Å². The van der Waals surface area contributed by atoms with E-state index in [2.05, 4.69) is 33.0 Å². The molecule has 0 aliphatic heterocycles. The van der Waals surface area contributed by atoms with Crippen molar-refractivity contribution in [3.63, 3.8) is 0 Å². The molecule has 0 unspecified atom stereocenters. The van der Waals surface area contributed by atoms with Crippen molar-refractivity contribution >= 4 is 5.78 Å². The van der Waals surface area contributed by atoms with Crippen LogP contribution in [0.15, 0.2) is 0 Å². The Hall–Kier alpha value is -0.370. The summed E-state index contributed by atoms with van der Waals surface area (Å²) < 4.78 is 0. The minimum absolute atomic E-state index is 0.0000463. The fraction of sp³-hybridized carbons (Fsp3) is 0.929. The highest BCUT2D eigenvalue weighted by molar-refractivity contribution is 5.88. The van der Waals surface area contributed by atoms with Gasteiger partial charge < -0.3 is 5.32 Å². The first-order valence-corrected chi connectivity index (χ1v) is 6.40. The molecule has 2 heteroatoms. The number of Topliss-reactive ketones (excluding diaryl/α,β-unsaturated/α-hetero) is 1. The van der Waals surface area contributed by atoms with Crippen molar-refractivity contribution in [1.82, 2.24) is 5.32 Å². The zero-order valence-electron chi connectivity index (χ0n) is 12.1. The Morgan fingerprint density at radius 2 is 1.62 bits per heavy atom. The average molecular weight is 227 g/mol. The lowest BCUT2D eigenvalue weighted by atomic mass is 9.84. The van der Waals surface area contributed by atoms with Gasteiger partial charge in [0, 0.05) is 11.0 Å². The molecular formula is C14H29NO. The van der Waals surface area contributed by atoms with E-state index in [1.165, 1.54) is 0 Å². The Morgan fingerprint density at radius 1 is 1.12 bits per heavy atom. The zero-order chi connectivity index (χ0) is 13.0. The molecule has 1 atom stereocenters. The topological polar surface area (TPSA) is 29.1 Å². The maximum absolute atomic E-state index is 12.3. The molecule has 96 valence electrons. The Morgan fingerprint density at radius 3 is 1.94 bits per heavy atom. The number of carbonyl (C=O) groups is 1. The summed E-state index contributed by atoms with van der Waals surface area (Å²) >= 11 is 0. The fourth-order valence-electron chi connectivity index (χ4n) is 1.72. The molecule has 0 amide bonds. The van der Waals surface area contributed by atoms with Crippen LogP contribution in [-0.2, 0) is 4.79 Å². The van der Waals surface area contributed by atoms with Gasteiger partial charge in [0.05, 0.1) is 6.04 Å². The van der Waals surface area contributed by atoms with Gasteiger partial charge in [0.1, 0.15) is 0 Å². The first-order valence-electron chi connectivity index (χ1n) is 6.40. The van der Waals surface area contributed by atoms with Crippen LogP contribution in [0.3, 0.4) is 0 Å². The molecule has 0 fully saturated rings. The van der Waals surface area contributed by atoms with Crippen LogP contribution in [0.1, 0.15) is 67.7 Å². The minimum atomic E-state index is -0.253. The van der Waals surface area contributed by atoms with Crippen LogP contribution in [0.5, 0.6) is 0 Å². The number of ketones is 1. The van der Waals surface area contributed by atoms with E-state index >= 15 is 0 Å². The molecule has 0 aromatic rings. The number of unbranched alkanes of at least 4 members (excludes halogenated alkanes) is 1. The van der Waals surface area contributed by atoms with Gasteiger partial charge in [-0.25, -0.2) is 0 Å². The summed E-state index contributed by atoms with van der Waals surface area (Å²) in [6.45, 7) is 14.5. The third-order valence-electron chi connectivity index (χ3n) is 2.51. The molecular weight excluding hydrogens is 198 g/mol. The number of hydrogen-bond acceptors (Lipinski definition) is 2. The zero-order valence-corrected chi connectivity index (χ0v) is 12.1. The van der Waals surface area contributed by atoms with Gasteiger partial charge in [-0.1, -0.05) is 40.5 Å². The van der Waals surface area contributed by atoms with Crippen LogP contribution < -0.4 is 5.32 Å². The summed E-state index contributed by atoms with van der Waals surface area (Å²) in [6, 6.07) is -0.0000463. The summed E-state index contributed by atoms with van der Waals surface area (Å²) in [7, 11) is 0. The Kier molecular flexibility index (Phi) is 5.67. The first kappa shape index (κ1) is 15.6. The van der Waals surface area contributed by atoms with E-state index in [0.29, 0.717) is 5.78 Å². The summed E-state index contributed by atoms with van der Waals surface area (Å²) in [5.41, 5.74) is -0.254. The van der Waals surface area contributed by atoms with E-state index in [1.807, 2.05) is 20.8 Å². The van der Waals surface area contributed by atoms with Gasteiger partial charge >= 0.3 is 0 Å². The third-order valence-corrected chi connectivity index (χ3v) is 2.51. The van der Waals surface area contributed by atoms with Crippen molar-refractivity contribution in [3.05, 3.63) is 0 Å². The Balaban J connectivity index is 4.61. The molecule has 1 N–H and O–H groups in total. The number of rotatable bonds is 5. The summed E-state index contributed by atoms with van der Waals surface area (Å²) in [4.78, 5) is 12.3. The molecule has 0 spiro atoms. The van der Waals surface area contributed by atoms with Crippen LogP contribution in [0, 0.1) is 5.41 Å². The SMILES string of the molecule is CCCC[C@H](NC(C)(C)C)C(=O)C(C)(C)C. The van der Waals surface area contributed by atoms with Gasteiger partial charge in [-0.3, -0.25) is 4.79 Å².